The fourth-order valence-corrected chi connectivity index (χ4v) is 1.97. The van der Waals surface area contributed by atoms with Gasteiger partial charge in [-0.3, -0.25) is 4.79 Å². The Hall–Kier alpha value is -1.99. The highest BCUT2D eigenvalue weighted by atomic mass is 35.5. The Balaban J connectivity index is 2.26. The molecule has 2 aromatic rings. The van der Waals surface area contributed by atoms with Crippen LogP contribution >= 0.6 is 23.2 Å². The first-order valence-electron chi connectivity index (χ1n) is 5.89. The van der Waals surface area contributed by atoms with Gasteiger partial charge in [-0.2, -0.15) is 0 Å². The van der Waals surface area contributed by atoms with Crippen molar-refractivity contribution in [3.05, 3.63) is 52.8 Å². The van der Waals surface area contributed by atoms with Crippen LogP contribution in [0.3, 0.4) is 0 Å². The Labute approximate surface area is 137 Å². The number of alkyl halides is 3. The summed E-state index contributed by atoms with van der Waals surface area (Å²) in [7, 11) is 0. The summed E-state index contributed by atoms with van der Waals surface area (Å²) in [4.78, 5) is 11.3. The van der Waals surface area contributed by atoms with Crippen molar-refractivity contribution in [1.29, 1.82) is 0 Å². The number of carbonyl (C=O) groups excluding carboxylic acids is 1. The van der Waals surface area contributed by atoms with Crippen LogP contribution in [0.5, 0.6) is 17.2 Å². The van der Waals surface area contributed by atoms with Gasteiger partial charge in [-0.15, -0.1) is 13.2 Å². The topological polar surface area (TPSA) is 35.5 Å². The first kappa shape index (κ1) is 17.4. The standard InChI is InChI=1S/C14H6Cl2F4O3/c15-9-5-6-10(11(12(9)17)13(16)21)22-7-1-3-8(4-2-7)23-14(18,19)20/h1-6H. The van der Waals surface area contributed by atoms with Gasteiger partial charge in [0.2, 0.25) is 0 Å². The molecule has 0 unspecified atom stereocenters. The van der Waals surface area contributed by atoms with Gasteiger partial charge in [0.25, 0.3) is 5.24 Å². The van der Waals surface area contributed by atoms with E-state index in [4.69, 9.17) is 27.9 Å². The molecular formula is C14H6Cl2F4O3. The second-order valence-corrected chi connectivity index (χ2v) is 4.88. The fourth-order valence-electron chi connectivity index (χ4n) is 1.64. The lowest BCUT2D eigenvalue weighted by Crippen LogP contribution is -2.16. The predicted molar refractivity (Wildman–Crippen MR) is 74.8 cm³/mol. The third-order valence-electron chi connectivity index (χ3n) is 2.54. The molecule has 23 heavy (non-hydrogen) atoms. The molecule has 3 nitrogen and oxygen atoms in total. The van der Waals surface area contributed by atoms with Gasteiger partial charge in [0.05, 0.1) is 5.02 Å². The summed E-state index contributed by atoms with van der Waals surface area (Å²) < 4.78 is 58.9. The summed E-state index contributed by atoms with van der Waals surface area (Å²) in [5, 5.41) is -1.45. The van der Waals surface area contributed by atoms with Gasteiger partial charge < -0.3 is 9.47 Å². The minimum atomic E-state index is -4.82. The summed E-state index contributed by atoms with van der Waals surface area (Å²) in [6.45, 7) is 0. The number of hydrogen-bond acceptors (Lipinski definition) is 3. The smallest absolute Gasteiger partial charge is 0.456 e. The summed E-state index contributed by atoms with van der Waals surface area (Å²) in [5.41, 5.74) is -0.574. The molecule has 2 rings (SSSR count). The van der Waals surface area contributed by atoms with Crippen molar-refractivity contribution < 1.29 is 31.8 Å². The van der Waals surface area contributed by atoms with Gasteiger partial charge in [-0.05, 0) is 48.0 Å². The normalized spacial score (nSPS) is 11.2. The van der Waals surface area contributed by atoms with Gasteiger partial charge in [0.1, 0.15) is 22.8 Å². The number of ether oxygens (including phenoxy) is 2. The first-order valence-corrected chi connectivity index (χ1v) is 6.64. The molecule has 0 spiro atoms. The molecule has 0 saturated carbocycles. The number of carbonyl (C=O) groups is 1. The maximum atomic E-state index is 13.8. The maximum absolute atomic E-state index is 13.8. The van der Waals surface area contributed by atoms with E-state index in [1.165, 1.54) is 6.07 Å². The Morgan fingerprint density at radius 3 is 2.09 bits per heavy atom. The van der Waals surface area contributed by atoms with E-state index in [2.05, 4.69) is 4.74 Å². The molecule has 0 fully saturated rings. The minimum Gasteiger partial charge on any atom is -0.456 e. The van der Waals surface area contributed by atoms with Crippen LogP contribution in [0.15, 0.2) is 36.4 Å². The highest BCUT2D eigenvalue weighted by molar-refractivity contribution is 6.68. The van der Waals surface area contributed by atoms with Crippen molar-refractivity contribution in [3.8, 4) is 17.2 Å². The van der Waals surface area contributed by atoms with Crippen LogP contribution in [0.4, 0.5) is 17.6 Å². The van der Waals surface area contributed by atoms with Gasteiger partial charge in [-0.25, -0.2) is 4.39 Å². The zero-order valence-corrected chi connectivity index (χ0v) is 12.5. The van der Waals surface area contributed by atoms with Crippen molar-refractivity contribution in [2.75, 3.05) is 0 Å². The molecule has 0 amide bonds. The Morgan fingerprint density at radius 1 is 1.00 bits per heavy atom. The highest BCUT2D eigenvalue weighted by Crippen LogP contribution is 2.33. The largest absolute Gasteiger partial charge is 0.573 e. The van der Waals surface area contributed by atoms with Gasteiger partial charge in [-0.1, -0.05) is 11.6 Å². The van der Waals surface area contributed by atoms with E-state index in [1.807, 2.05) is 0 Å². The van der Waals surface area contributed by atoms with Crippen LogP contribution in [-0.2, 0) is 0 Å². The summed E-state index contributed by atoms with van der Waals surface area (Å²) in [5.74, 6) is -1.70. The lowest BCUT2D eigenvalue weighted by atomic mass is 10.2. The SMILES string of the molecule is O=C(Cl)c1c(Oc2ccc(OC(F)(F)F)cc2)ccc(Cl)c1F. The molecule has 0 atom stereocenters. The van der Waals surface area contributed by atoms with E-state index in [0.29, 0.717) is 0 Å². The number of hydrogen-bond donors (Lipinski definition) is 0. The van der Waals surface area contributed by atoms with E-state index in [0.717, 1.165) is 30.3 Å². The predicted octanol–water partition coefficient (Wildman–Crippen LogP) is 5.55. The van der Waals surface area contributed by atoms with Gasteiger partial charge in [0, 0.05) is 0 Å². The lowest BCUT2D eigenvalue weighted by molar-refractivity contribution is -0.274. The third kappa shape index (κ3) is 4.49. The molecule has 0 saturated heterocycles. The molecule has 0 heterocycles. The second-order valence-electron chi connectivity index (χ2n) is 4.13. The van der Waals surface area contributed by atoms with Crippen LogP contribution in [0, 0.1) is 5.82 Å². The molecular weight excluding hydrogens is 363 g/mol. The van der Waals surface area contributed by atoms with Crippen LogP contribution < -0.4 is 9.47 Å². The first-order chi connectivity index (χ1) is 10.7. The second kappa shape index (κ2) is 6.64. The summed E-state index contributed by atoms with van der Waals surface area (Å²) in [6, 6.07) is 6.65. The van der Waals surface area contributed by atoms with Crippen LogP contribution in [-0.4, -0.2) is 11.6 Å². The zero-order valence-electron chi connectivity index (χ0n) is 11.0. The average molecular weight is 369 g/mol. The third-order valence-corrected chi connectivity index (χ3v) is 3.02. The molecule has 0 N–H and O–H groups in total. The van der Waals surface area contributed by atoms with Crippen molar-refractivity contribution >= 4 is 28.4 Å². The molecule has 2 aromatic carbocycles. The molecule has 122 valence electrons. The Kier molecular flexibility index (Phi) is 5.01. The van der Waals surface area contributed by atoms with Crippen molar-refractivity contribution in [2.45, 2.75) is 6.36 Å². The summed E-state index contributed by atoms with van der Waals surface area (Å²) in [6.07, 6.45) is -4.82. The fraction of sp³-hybridized carbons (Fsp3) is 0.0714. The monoisotopic (exact) mass is 368 g/mol. The lowest BCUT2D eigenvalue weighted by Gasteiger charge is -2.12. The Bertz CT molecular complexity index is 730. The van der Waals surface area contributed by atoms with Crippen molar-refractivity contribution in [1.82, 2.24) is 0 Å². The number of benzene rings is 2. The quantitative estimate of drug-likeness (QED) is 0.524. The zero-order chi connectivity index (χ0) is 17.2. The molecule has 9 heteroatoms. The van der Waals surface area contributed by atoms with Crippen LogP contribution in [0.25, 0.3) is 0 Å². The molecule has 0 aliphatic heterocycles. The Morgan fingerprint density at radius 2 is 1.57 bits per heavy atom. The van der Waals surface area contributed by atoms with Crippen molar-refractivity contribution in [2.24, 2.45) is 0 Å². The number of halogens is 6. The molecule has 0 aliphatic rings. The van der Waals surface area contributed by atoms with Gasteiger partial charge in [0.15, 0.2) is 5.82 Å². The number of rotatable bonds is 4. The molecule has 0 aromatic heterocycles. The average Bonchev–Trinajstić information content (AvgIpc) is 2.43. The van der Waals surface area contributed by atoms with E-state index in [9.17, 15) is 22.4 Å². The molecule has 0 radical (unpaired) electrons. The molecule has 0 bridgehead atoms. The summed E-state index contributed by atoms with van der Waals surface area (Å²) >= 11 is 10.8. The molecule has 0 aliphatic carbocycles. The van der Waals surface area contributed by atoms with E-state index in [1.54, 1.807) is 0 Å². The minimum absolute atomic E-state index is 0.0420. The van der Waals surface area contributed by atoms with Gasteiger partial charge >= 0.3 is 6.36 Å². The maximum Gasteiger partial charge on any atom is 0.573 e. The highest BCUT2D eigenvalue weighted by Gasteiger charge is 2.31. The van der Waals surface area contributed by atoms with E-state index >= 15 is 0 Å². The van der Waals surface area contributed by atoms with E-state index in [-0.39, 0.29) is 16.5 Å². The van der Waals surface area contributed by atoms with Crippen LogP contribution in [0.2, 0.25) is 5.02 Å². The van der Waals surface area contributed by atoms with E-state index < -0.39 is 28.7 Å². The van der Waals surface area contributed by atoms with Crippen LogP contribution in [0.1, 0.15) is 10.4 Å². The van der Waals surface area contributed by atoms with Crippen molar-refractivity contribution in [3.63, 3.8) is 0 Å².